The molecule has 22 atom stereocenters. The van der Waals surface area contributed by atoms with Crippen LogP contribution in [0.25, 0.3) is 0 Å². The number of esters is 6. The largest absolute Gasteiger partial charge is 0.509 e. The van der Waals surface area contributed by atoms with Crippen LogP contribution < -0.4 is 16.0 Å². The third-order valence-corrected chi connectivity index (χ3v) is 32.2. The highest BCUT2D eigenvalue weighted by molar-refractivity contribution is 8.77. The Kier molecular flexibility index (Phi) is 34.6. The number of fused-ring (bicyclic) bond motifs is 10. The summed E-state index contributed by atoms with van der Waals surface area (Å²) in [5.74, 6) is -8.67. The molecule has 2 heterocycles. The predicted molar refractivity (Wildman–Crippen MR) is 506 cm³/mol. The van der Waals surface area contributed by atoms with Crippen molar-refractivity contribution in [2.45, 2.75) is 276 Å². The number of aliphatic hydroxyl groups is 6. The predicted octanol–water partition coefficient (Wildman–Crippen LogP) is 11.6. The molecular weight excluding hydrogens is 1870 g/mol. The highest BCUT2D eigenvalue weighted by Gasteiger charge is 2.81. The fourth-order valence-electron chi connectivity index (χ4n) is 20.5. The molecule has 6 fully saturated rings. The molecule has 4 aromatic carbocycles. The maximum Gasteiger partial charge on any atom is 0.509 e. The van der Waals surface area contributed by atoms with E-state index >= 15 is 14.4 Å². The van der Waals surface area contributed by atoms with Crippen LogP contribution in [0.1, 0.15) is 202 Å². The maximum absolute atomic E-state index is 15.2. The molecule has 4 bridgehead atoms. The molecule has 2 saturated heterocycles. The van der Waals surface area contributed by atoms with Gasteiger partial charge in [-0.15, -0.1) is 0 Å². The molecule has 35 nitrogen and oxygen atoms in total. The second-order valence-electron chi connectivity index (χ2n) is 39.1. The minimum Gasteiger partial charge on any atom is -0.455 e. The molecule has 0 aromatic heterocycles. The monoisotopic (exact) mass is 2000 g/mol. The van der Waals surface area contributed by atoms with Gasteiger partial charge in [0.05, 0.1) is 59.2 Å². The molecule has 2 unspecified atom stereocenters. The Morgan fingerprint density at radius 1 is 0.507 bits per heavy atom. The summed E-state index contributed by atoms with van der Waals surface area (Å²) >= 11 is 0. The number of carbonyl (C=O) groups is 12. The zero-order valence-electron chi connectivity index (χ0n) is 81.5. The van der Waals surface area contributed by atoms with Gasteiger partial charge in [-0.25, -0.2) is 38.4 Å². The van der Waals surface area contributed by atoms with Crippen LogP contribution in [0.4, 0.5) is 19.2 Å². The van der Waals surface area contributed by atoms with Gasteiger partial charge in [-0.2, -0.15) is 0 Å². The van der Waals surface area contributed by atoms with Gasteiger partial charge in [0.1, 0.15) is 96.5 Å². The van der Waals surface area contributed by atoms with Gasteiger partial charge in [-0.05, 0) is 140 Å². The Hall–Kier alpha value is -9.36. The molecule has 4 saturated carbocycles. The number of ketones is 2. The normalized spacial score (nSPS) is 30.2. The van der Waals surface area contributed by atoms with E-state index in [0.29, 0.717) is 30.2 Å². The summed E-state index contributed by atoms with van der Waals surface area (Å²) in [4.78, 5) is 169. The third-order valence-electron chi connectivity index (χ3n) is 27.3. The van der Waals surface area contributed by atoms with Crippen molar-refractivity contribution in [2.75, 3.05) is 62.5 Å². The average Bonchev–Trinajstić information content (AvgIpc) is 0.671. The summed E-state index contributed by atoms with van der Waals surface area (Å²) in [5, 5.41) is 84.7. The molecule has 6 aliphatic carbocycles. The van der Waals surface area contributed by atoms with E-state index in [1.807, 2.05) is 6.92 Å². The summed E-state index contributed by atoms with van der Waals surface area (Å²) in [6.07, 6.45) is -25.4. The molecule has 138 heavy (non-hydrogen) atoms. The lowest BCUT2D eigenvalue weighted by Gasteiger charge is -2.67. The van der Waals surface area contributed by atoms with E-state index in [2.05, 4.69) is 16.0 Å². The summed E-state index contributed by atoms with van der Waals surface area (Å²) < 4.78 is 89.8. The Morgan fingerprint density at radius 3 is 1.18 bits per heavy atom. The van der Waals surface area contributed by atoms with Crippen LogP contribution in [0.3, 0.4) is 0 Å². The van der Waals surface area contributed by atoms with Crippen molar-refractivity contribution >= 4 is 115 Å². The van der Waals surface area contributed by atoms with Gasteiger partial charge in [-0.1, -0.05) is 182 Å². The quantitative estimate of drug-likeness (QED) is 0.00721. The summed E-state index contributed by atoms with van der Waals surface area (Å²) in [7, 11) is 6.03. The number of hydrogen-bond donors (Lipinski definition) is 9. The molecule has 9 N–H and O–H groups in total. The van der Waals surface area contributed by atoms with Gasteiger partial charge >= 0.3 is 60.3 Å². The topological polar surface area (TPSA) is 492 Å². The molecule has 2 aliphatic heterocycles. The first-order valence-electron chi connectivity index (χ1n) is 46.5. The molecule has 8 aliphatic rings. The smallest absolute Gasteiger partial charge is 0.455 e. The van der Waals surface area contributed by atoms with Gasteiger partial charge in [0.2, 0.25) is 12.2 Å². The van der Waals surface area contributed by atoms with E-state index in [1.165, 1.54) is 112 Å². The van der Waals surface area contributed by atoms with Gasteiger partial charge in [-0.3, -0.25) is 19.2 Å². The first kappa shape index (κ1) is 107. The van der Waals surface area contributed by atoms with Crippen molar-refractivity contribution in [1.29, 1.82) is 0 Å². The van der Waals surface area contributed by atoms with E-state index in [1.54, 1.807) is 149 Å². The zero-order valence-corrected chi connectivity index (χ0v) is 83.8. The van der Waals surface area contributed by atoms with E-state index in [0.717, 1.165) is 31.8 Å². The van der Waals surface area contributed by atoms with Crippen LogP contribution in [0.15, 0.2) is 144 Å². The Labute approximate surface area is 819 Å². The number of aliphatic hydroxyl groups excluding tert-OH is 4. The first-order chi connectivity index (χ1) is 65.3. The van der Waals surface area contributed by atoms with E-state index < -0.39 is 237 Å². The summed E-state index contributed by atoms with van der Waals surface area (Å²) in [6, 6.07) is 28.9. The molecule has 756 valence electrons. The summed E-state index contributed by atoms with van der Waals surface area (Å²) in [5.41, 5.74) is -17.2. The molecule has 4 aromatic rings. The number of carbonyl (C=O) groups excluding carboxylic acids is 12. The summed E-state index contributed by atoms with van der Waals surface area (Å²) in [6.45, 7) is 26.7. The van der Waals surface area contributed by atoms with Gasteiger partial charge in [0.15, 0.2) is 22.8 Å². The van der Waals surface area contributed by atoms with Crippen molar-refractivity contribution in [2.24, 2.45) is 33.5 Å². The third kappa shape index (κ3) is 22.7. The van der Waals surface area contributed by atoms with Crippen LogP contribution in [0.2, 0.25) is 0 Å². The average molecular weight is 2000 g/mol. The number of Topliss-reactive ketones (excluding diaryl/α,β-unsaturated/α-hetero) is 2. The molecule has 0 radical (unpaired) electrons. The van der Waals surface area contributed by atoms with E-state index in [9.17, 15) is 73.8 Å². The zero-order chi connectivity index (χ0) is 102. The standard InChI is InChI=1S/C50H66N2O16S2.C49H63NO16S2/c1-10-51-21-23-69-70-24-22-62-45(60)65-38(36(30-17-13-11-14-18-30)52-44(59)68-46(4,5)6)43(58)64-32-26-50(61)41(66-42(57)31-19-15-12-16-20-31)39-48(9,40(56)37(55)35(28(32)2)47(50,7)8)33(54)25-34-49(39,27-63-34)67-29(3)53;1-10-22-67-68-23-21-60-44(58)63-37(35(29-17-13-11-14-18-29)50-43(57)66-45(4,5)6)42(56)62-31-25-49(59)40(64-41(55)30-19-15-12-16-20-30)38-47(9,39(54)36(53)34(27(31)2)46(49,7)8)32(52)24-33-48(38,26-61-33)65-28(3)51/h11-20,32-34,36-39,41,51,54-55,61H,10,21-27H2,1-9H3,(H,52,59);11-20,31-33,35-38,40,52-53,59H,10,21-26H2,1-9H3,(H,50,57)/t32-,33-,34+,36-,37+,38?,39-,41-,48+,49-,50+;31-,32-,33+,35-,36+,37?,38-,40-,47+,48-,49+/m00/s1/i1T;. The fraction of sp³-hybridized carbons (Fsp3) is 0.596. The lowest BCUT2D eigenvalue weighted by molar-refractivity contribution is -0.346. The lowest BCUT2D eigenvalue weighted by atomic mass is 9.44. The highest BCUT2D eigenvalue weighted by atomic mass is 33.1. The number of amides is 2. The minimum atomic E-state index is -2.44. The minimum absolute atomic E-state index is 0.0521. The van der Waals surface area contributed by atoms with Crippen molar-refractivity contribution in [3.8, 4) is 0 Å². The van der Waals surface area contributed by atoms with Crippen LogP contribution in [0.5, 0.6) is 0 Å². The Balaban J connectivity index is 0.000000266. The Bertz CT molecular complexity index is 5160. The number of alkyl carbamates (subject to hydrolysis) is 2. The number of hydrogen-bond acceptors (Lipinski definition) is 37. The molecule has 2 amide bonds. The van der Waals surface area contributed by atoms with Crippen LogP contribution >= 0.6 is 43.2 Å². The fourth-order valence-corrected chi connectivity index (χ4v) is 24.2. The van der Waals surface area contributed by atoms with Crippen LogP contribution in [0, 0.1) is 33.5 Å². The second kappa shape index (κ2) is 44.4. The van der Waals surface area contributed by atoms with Crippen LogP contribution in [-0.2, 0) is 95.1 Å². The first-order valence-corrected chi connectivity index (χ1v) is 50.8. The number of rotatable bonds is 32. The molecule has 39 heteroatoms. The number of ether oxygens (including phenoxy) is 14. The van der Waals surface area contributed by atoms with Gasteiger partial charge in [0.25, 0.3) is 0 Å². The van der Waals surface area contributed by atoms with Crippen molar-refractivity contribution in [3.05, 3.63) is 166 Å². The highest BCUT2D eigenvalue weighted by Crippen LogP contribution is 2.67. The second-order valence-corrected chi connectivity index (χ2v) is 44.5. The lowest BCUT2D eigenvalue weighted by Crippen LogP contribution is -2.81. The maximum atomic E-state index is 15.2. The van der Waals surface area contributed by atoms with Crippen LogP contribution in [-0.4, -0.2) is 272 Å². The number of benzene rings is 4. The molecule has 12 rings (SSSR count). The SMILES string of the molecule is CCCSSCCOC(=O)OC(C(=O)O[C@H]1C[C@@]2(O)[C@@H](OC(=O)c3ccccc3)[C@@H]3[C@]4(OC(C)=O)CO[C@@H]4C[C@H](O)[C@@]3(C)C(=O)[C@H](O)C(=C1C)C2(C)C)[C@@H](NC(=O)OC(C)(C)C)c1ccccc1.[3H]CCNCCSSCCOC(=O)OC(C(=O)O[C@H]1C[C@@]2(O)[C@@H](OC(=O)c3ccccc3)[C@@H]3[C@]4(OC(C)=O)CO[C@@H]4C[C@H](O)[C@@]3(C)C(=O)[C@H](O)C(=C1C)C2(C)C)[C@@H](NC(=O)OC(C)(C)C)c1ccccc1. The van der Waals surface area contributed by atoms with E-state index in [-0.39, 0.29) is 85.2 Å². The van der Waals surface area contributed by atoms with Gasteiger partial charge < -0.3 is 113 Å². The van der Waals surface area contributed by atoms with Gasteiger partial charge in [0, 0.05) is 81.3 Å². The van der Waals surface area contributed by atoms with Crippen molar-refractivity contribution in [3.63, 3.8) is 0 Å². The Morgan fingerprint density at radius 2 is 0.855 bits per heavy atom. The molecular formula is C99H129N3O32S4. The number of nitrogens with one attached hydrogen (secondary N) is 3. The van der Waals surface area contributed by atoms with Crippen molar-refractivity contribution in [1.82, 2.24) is 16.0 Å². The van der Waals surface area contributed by atoms with E-state index in [4.69, 9.17) is 67.7 Å². The molecule has 0 spiro atoms. The van der Waals surface area contributed by atoms with Crippen molar-refractivity contribution < 1.29 is 156 Å².